The highest BCUT2D eigenvalue weighted by molar-refractivity contribution is 5.70. The Morgan fingerprint density at radius 3 is 1.73 bits per heavy atom. The first kappa shape index (κ1) is 14.2. The predicted molar refractivity (Wildman–Crippen MR) is 93.8 cm³/mol. The number of hydrogen-bond donors (Lipinski definition) is 2. The molecule has 0 saturated heterocycles. The second-order valence-electron chi connectivity index (χ2n) is 5.53. The summed E-state index contributed by atoms with van der Waals surface area (Å²) in [5, 5.41) is 0. The number of nitrogens with two attached hydrogens (primary N) is 2. The third kappa shape index (κ3) is 3.12. The Morgan fingerprint density at radius 2 is 1.14 bits per heavy atom. The molecule has 0 fully saturated rings. The van der Waals surface area contributed by atoms with Crippen LogP contribution in [0.15, 0.2) is 72.8 Å². The van der Waals surface area contributed by atoms with E-state index in [2.05, 4.69) is 54.6 Å². The van der Waals surface area contributed by atoms with Gasteiger partial charge in [-0.05, 0) is 41.2 Å². The van der Waals surface area contributed by atoms with Crippen LogP contribution in [0.25, 0.3) is 0 Å². The van der Waals surface area contributed by atoms with Crippen LogP contribution in [-0.4, -0.2) is 0 Å². The van der Waals surface area contributed by atoms with E-state index in [4.69, 9.17) is 11.5 Å². The molecule has 0 aromatic heterocycles. The molecule has 2 nitrogen and oxygen atoms in total. The Balaban J connectivity index is 1.97. The van der Waals surface area contributed by atoms with Crippen LogP contribution < -0.4 is 11.5 Å². The van der Waals surface area contributed by atoms with E-state index in [0.717, 1.165) is 18.4 Å². The lowest BCUT2D eigenvalue weighted by Gasteiger charge is -2.15. The van der Waals surface area contributed by atoms with Gasteiger partial charge in [0, 0.05) is 0 Å². The van der Waals surface area contributed by atoms with Gasteiger partial charge in [0.05, 0.1) is 11.4 Å². The molecule has 0 bridgehead atoms. The normalized spacial score (nSPS) is 10.5. The van der Waals surface area contributed by atoms with Gasteiger partial charge in [0.25, 0.3) is 0 Å². The van der Waals surface area contributed by atoms with Gasteiger partial charge < -0.3 is 11.5 Å². The highest BCUT2D eigenvalue weighted by atomic mass is 14.7. The van der Waals surface area contributed by atoms with Crippen molar-refractivity contribution in [1.82, 2.24) is 0 Å². The molecule has 0 aliphatic heterocycles. The van der Waals surface area contributed by atoms with E-state index in [1.54, 1.807) is 0 Å². The van der Waals surface area contributed by atoms with Gasteiger partial charge in [0.2, 0.25) is 0 Å². The van der Waals surface area contributed by atoms with Gasteiger partial charge in [-0.25, -0.2) is 0 Å². The van der Waals surface area contributed by atoms with Crippen LogP contribution >= 0.6 is 0 Å². The molecule has 0 saturated carbocycles. The van der Waals surface area contributed by atoms with Crippen LogP contribution in [0.4, 0.5) is 11.4 Å². The summed E-state index contributed by atoms with van der Waals surface area (Å²) < 4.78 is 0. The molecule has 0 radical (unpaired) electrons. The summed E-state index contributed by atoms with van der Waals surface area (Å²) in [6.45, 7) is 0. The highest BCUT2D eigenvalue weighted by Crippen LogP contribution is 2.28. The van der Waals surface area contributed by atoms with Crippen molar-refractivity contribution in [1.29, 1.82) is 0 Å². The van der Waals surface area contributed by atoms with Gasteiger partial charge in [0.15, 0.2) is 0 Å². The van der Waals surface area contributed by atoms with Crippen LogP contribution in [0.1, 0.15) is 22.3 Å². The lowest BCUT2D eigenvalue weighted by molar-refractivity contribution is 1.10. The van der Waals surface area contributed by atoms with Crippen molar-refractivity contribution in [3.05, 3.63) is 95.1 Å². The van der Waals surface area contributed by atoms with Crippen molar-refractivity contribution in [3.8, 4) is 0 Å². The molecule has 0 atom stereocenters. The van der Waals surface area contributed by atoms with Crippen LogP contribution in [0.2, 0.25) is 0 Å². The molecule has 0 heterocycles. The lowest BCUT2D eigenvalue weighted by Crippen LogP contribution is -2.05. The predicted octanol–water partition coefficient (Wildman–Crippen LogP) is 4.03. The van der Waals surface area contributed by atoms with Crippen molar-refractivity contribution < 1.29 is 0 Å². The minimum atomic E-state index is 0.655. The first-order valence-corrected chi connectivity index (χ1v) is 7.47. The quantitative estimate of drug-likeness (QED) is 0.712. The van der Waals surface area contributed by atoms with Gasteiger partial charge >= 0.3 is 0 Å². The molecule has 2 heteroatoms. The summed E-state index contributed by atoms with van der Waals surface area (Å²) in [4.78, 5) is 0. The lowest BCUT2D eigenvalue weighted by atomic mass is 9.93. The summed E-state index contributed by atoms with van der Waals surface area (Å²) in [5.74, 6) is 0. The van der Waals surface area contributed by atoms with Gasteiger partial charge in [-0.1, -0.05) is 66.7 Å². The maximum absolute atomic E-state index is 6.26. The number of anilines is 2. The van der Waals surface area contributed by atoms with E-state index >= 15 is 0 Å². The second kappa shape index (κ2) is 6.35. The van der Waals surface area contributed by atoms with Crippen LogP contribution in [0.5, 0.6) is 0 Å². The fraction of sp³-hybridized carbons (Fsp3) is 0.100. The van der Waals surface area contributed by atoms with Gasteiger partial charge in [-0.3, -0.25) is 0 Å². The van der Waals surface area contributed by atoms with Crippen molar-refractivity contribution in [2.24, 2.45) is 0 Å². The molecule has 22 heavy (non-hydrogen) atoms. The fourth-order valence-corrected chi connectivity index (χ4v) is 2.72. The van der Waals surface area contributed by atoms with E-state index in [9.17, 15) is 0 Å². The van der Waals surface area contributed by atoms with Crippen molar-refractivity contribution in [2.75, 3.05) is 11.5 Å². The van der Waals surface area contributed by atoms with E-state index < -0.39 is 0 Å². The number of hydrogen-bond acceptors (Lipinski definition) is 2. The van der Waals surface area contributed by atoms with E-state index in [-0.39, 0.29) is 0 Å². The molecule has 0 aliphatic rings. The molecule has 4 N–H and O–H groups in total. The first-order valence-electron chi connectivity index (χ1n) is 7.47. The SMILES string of the molecule is Nc1ccc(Cc2ccccc2)c(Cc2ccccc2)c1N. The zero-order chi connectivity index (χ0) is 15.4. The Hall–Kier alpha value is -2.74. The van der Waals surface area contributed by atoms with Crippen LogP contribution in [0, 0.1) is 0 Å². The number of nitrogen functional groups attached to an aromatic ring is 2. The van der Waals surface area contributed by atoms with Crippen molar-refractivity contribution in [3.63, 3.8) is 0 Å². The minimum absolute atomic E-state index is 0.655. The van der Waals surface area contributed by atoms with Crippen LogP contribution in [-0.2, 0) is 12.8 Å². The molecular formula is C20H20N2. The maximum atomic E-state index is 6.26. The summed E-state index contributed by atoms with van der Waals surface area (Å²) >= 11 is 0. The standard InChI is InChI=1S/C20H20N2/c21-19-12-11-17(13-15-7-3-1-4-8-15)18(20(19)22)14-16-9-5-2-6-10-16/h1-12H,13-14,21-22H2. The third-order valence-electron chi connectivity index (χ3n) is 3.95. The summed E-state index contributed by atoms with van der Waals surface area (Å²) in [6, 6.07) is 24.8. The molecule has 3 aromatic carbocycles. The molecule has 0 unspecified atom stereocenters. The third-order valence-corrected chi connectivity index (χ3v) is 3.95. The number of benzene rings is 3. The van der Waals surface area contributed by atoms with Gasteiger partial charge in [-0.15, -0.1) is 0 Å². The van der Waals surface area contributed by atoms with Crippen LogP contribution in [0.3, 0.4) is 0 Å². The Morgan fingerprint density at radius 1 is 0.591 bits per heavy atom. The average molecular weight is 288 g/mol. The largest absolute Gasteiger partial charge is 0.397 e. The second-order valence-corrected chi connectivity index (χ2v) is 5.53. The number of rotatable bonds is 4. The van der Waals surface area contributed by atoms with E-state index in [1.807, 2.05) is 18.2 Å². The topological polar surface area (TPSA) is 52.0 Å². The molecule has 0 aliphatic carbocycles. The van der Waals surface area contributed by atoms with Gasteiger partial charge in [0.1, 0.15) is 0 Å². The van der Waals surface area contributed by atoms with E-state index in [0.29, 0.717) is 11.4 Å². The smallest absolute Gasteiger partial charge is 0.0586 e. The molecule has 3 rings (SSSR count). The van der Waals surface area contributed by atoms with Crippen molar-refractivity contribution >= 4 is 11.4 Å². The highest BCUT2D eigenvalue weighted by Gasteiger charge is 2.11. The summed E-state index contributed by atoms with van der Waals surface area (Å²) in [7, 11) is 0. The summed E-state index contributed by atoms with van der Waals surface area (Å²) in [5.41, 5.74) is 18.5. The zero-order valence-electron chi connectivity index (χ0n) is 12.5. The Labute approximate surface area is 131 Å². The molecule has 110 valence electrons. The molecule has 0 amide bonds. The molecule has 0 spiro atoms. The molecular weight excluding hydrogens is 268 g/mol. The van der Waals surface area contributed by atoms with E-state index in [1.165, 1.54) is 16.7 Å². The first-order chi connectivity index (χ1) is 10.7. The molecule has 3 aromatic rings. The van der Waals surface area contributed by atoms with Gasteiger partial charge in [-0.2, -0.15) is 0 Å². The average Bonchev–Trinajstić information content (AvgIpc) is 2.56. The Bertz CT molecular complexity index is 749. The zero-order valence-corrected chi connectivity index (χ0v) is 12.5. The minimum Gasteiger partial charge on any atom is -0.397 e. The van der Waals surface area contributed by atoms with Crippen molar-refractivity contribution in [2.45, 2.75) is 12.8 Å². The Kier molecular flexibility index (Phi) is 4.10. The summed E-state index contributed by atoms with van der Waals surface area (Å²) in [6.07, 6.45) is 1.67. The fourth-order valence-electron chi connectivity index (χ4n) is 2.72. The maximum Gasteiger partial charge on any atom is 0.0586 e. The monoisotopic (exact) mass is 288 g/mol.